The third-order valence-electron chi connectivity index (χ3n) is 3.53. The SMILES string of the molecule is CN(CCOCC1CC1)Cc1ccc([N+](=O)[O-])c(NN)c1. The lowest BCUT2D eigenvalue weighted by molar-refractivity contribution is -0.384. The Morgan fingerprint density at radius 2 is 2.29 bits per heavy atom. The highest BCUT2D eigenvalue weighted by Crippen LogP contribution is 2.28. The molecule has 0 amide bonds. The fourth-order valence-corrected chi connectivity index (χ4v) is 2.10. The highest BCUT2D eigenvalue weighted by molar-refractivity contribution is 5.62. The molecule has 1 aliphatic rings. The summed E-state index contributed by atoms with van der Waals surface area (Å²) in [6.07, 6.45) is 2.60. The smallest absolute Gasteiger partial charge is 0.293 e. The minimum Gasteiger partial charge on any atom is -0.380 e. The van der Waals surface area contributed by atoms with Gasteiger partial charge in [0.15, 0.2) is 0 Å². The summed E-state index contributed by atoms with van der Waals surface area (Å²) in [7, 11) is 2.00. The van der Waals surface area contributed by atoms with Crippen LogP contribution in [-0.2, 0) is 11.3 Å². The molecule has 0 saturated heterocycles. The summed E-state index contributed by atoms with van der Waals surface area (Å²) >= 11 is 0. The maximum atomic E-state index is 10.8. The van der Waals surface area contributed by atoms with Crippen LogP contribution < -0.4 is 11.3 Å². The number of hydrogen-bond donors (Lipinski definition) is 2. The molecule has 0 spiro atoms. The third kappa shape index (κ3) is 4.96. The zero-order chi connectivity index (χ0) is 15.2. The summed E-state index contributed by atoms with van der Waals surface area (Å²) in [6.45, 7) is 3.10. The van der Waals surface area contributed by atoms with Crippen molar-refractivity contribution in [3.05, 3.63) is 33.9 Å². The van der Waals surface area contributed by atoms with Gasteiger partial charge in [-0.3, -0.25) is 20.9 Å². The number of ether oxygens (including phenoxy) is 1. The Kier molecular flexibility index (Phi) is 5.49. The van der Waals surface area contributed by atoms with Gasteiger partial charge in [0.25, 0.3) is 5.69 Å². The Morgan fingerprint density at radius 3 is 2.90 bits per heavy atom. The fourth-order valence-electron chi connectivity index (χ4n) is 2.10. The predicted molar refractivity (Wildman–Crippen MR) is 80.8 cm³/mol. The first-order chi connectivity index (χ1) is 10.1. The van der Waals surface area contributed by atoms with E-state index in [1.165, 1.54) is 18.9 Å². The normalized spacial score (nSPS) is 14.4. The van der Waals surface area contributed by atoms with Gasteiger partial charge >= 0.3 is 0 Å². The van der Waals surface area contributed by atoms with Crippen LogP contribution in [0, 0.1) is 16.0 Å². The van der Waals surface area contributed by atoms with Gasteiger partial charge in [-0.05, 0) is 37.4 Å². The Hall–Kier alpha value is -1.70. The van der Waals surface area contributed by atoms with E-state index in [9.17, 15) is 10.1 Å². The monoisotopic (exact) mass is 294 g/mol. The van der Waals surface area contributed by atoms with Crippen molar-refractivity contribution < 1.29 is 9.66 Å². The molecule has 2 rings (SSSR count). The van der Waals surface area contributed by atoms with Crippen LogP contribution in [0.4, 0.5) is 11.4 Å². The molecule has 7 nitrogen and oxygen atoms in total. The fraction of sp³-hybridized carbons (Fsp3) is 0.571. The molecule has 0 atom stereocenters. The minimum atomic E-state index is -0.450. The van der Waals surface area contributed by atoms with Gasteiger partial charge in [0.05, 0.1) is 11.5 Å². The number of nitro benzene ring substituents is 1. The van der Waals surface area contributed by atoms with Gasteiger partial charge in [-0.25, -0.2) is 0 Å². The molecule has 0 unspecified atom stereocenters. The molecule has 0 aromatic heterocycles. The van der Waals surface area contributed by atoms with Gasteiger partial charge < -0.3 is 10.2 Å². The maximum absolute atomic E-state index is 10.8. The van der Waals surface area contributed by atoms with E-state index in [4.69, 9.17) is 10.6 Å². The second-order valence-electron chi connectivity index (χ2n) is 5.51. The zero-order valence-corrected chi connectivity index (χ0v) is 12.2. The van der Waals surface area contributed by atoms with Crippen molar-refractivity contribution in [1.82, 2.24) is 4.90 Å². The van der Waals surface area contributed by atoms with E-state index in [2.05, 4.69) is 10.3 Å². The Bertz CT molecular complexity index is 491. The number of nitro groups is 1. The number of benzene rings is 1. The van der Waals surface area contributed by atoms with E-state index in [1.54, 1.807) is 12.1 Å². The van der Waals surface area contributed by atoms with Crippen LogP contribution in [0.25, 0.3) is 0 Å². The standard InChI is InChI=1S/C14H22N4O3/c1-17(6-7-21-10-11-2-3-11)9-12-4-5-14(18(19)20)13(8-12)16-15/h4-5,8,11,16H,2-3,6-7,9-10,15H2,1H3. The molecule has 0 aliphatic heterocycles. The molecule has 1 aliphatic carbocycles. The van der Waals surface area contributed by atoms with Crippen molar-refractivity contribution in [3.63, 3.8) is 0 Å². The highest BCUT2D eigenvalue weighted by Gasteiger charge is 2.21. The van der Waals surface area contributed by atoms with Crippen LogP contribution in [0.3, 0.4) is 0 Å². The van der Waals surface area contributed by atoms with E-state index >= 15 is 0 Å². The molecular weight excluding hydrogens is 272 g/mol. The van der Waals surface area contributed by atoms with E-state index in [0.29, 0.717) is 18.8 Å². The molecule has 0 bridgehead atoms. The largest absolute Gasteiger partial charge is 0.380 e. The zero-order valence-electron chi connectivity index (χ0n) is 12.2. The molecule has 7 heteroatoms. The van der Waals surface area contributed by atoms with Crippen molar-refractivity contribution in [1.29, 1.82) is 0 Å². The average Bonchev–Trinajstić information content (AvgIpc) is 3.27. The van der Waals surface area contributed by atoms with Gasteiger partial charge in [-0.15, -0.1) is 0 Å². The van der Waals surface area contributed by atoms with Gasteiger partial charge in [0, 0.05) is 25.8 Å². The molecule has 116 valence electrons. The minimum absolute atomic E-state index is 0.0170. The molecule has 21 heavy (non-hydrogen) atoms. The van der Waals surface area contributed by atoms with Crippen molar-refractivity contribution in [3.8, 4) is 0 Å². The maximum Gasteiger partial charge on any atom is 0.293 e. The van der Waals surface area contributed by atoms with Crippen LogP contribution in [-0.4, -0.2) is 36.6 Å². The highest BCUT2D eigenvalue weighted by atomic mass is 16.6. The van der Waals surface area contributed by atoms with Crippen LogP contribution >= 0.6 is 0 Å². The second kappa shape index (κ2) is 7.35. The quantitative estimate of drug-likeness (QED) is 0.312. The summed E-state index contributed by atoms with van der Waals surface area (Å²) < 4.78 is 5.60. The van der Waals surface area contributed by atoms with Crippen LogP contribution in [0.1, 0.15) is 18.4 Å². The van der Waals surface area contributed by atoms with Gasteiger partial charge in [0.1, 0.15) is 5.69 Å². The topological polar surface area (TPSA) is 93.7 Å². The number of nitrogens with one attached hydrogen (secondary N) is 1. The molecule has 1 aromatic rings. The van der Waals surface area contributed by atoms with Crippen molar-refractivity contribution in [2.45, 2.75) is 19.4 Å². The van der Waals surface area contributed by atoms with E-state index in [1.807, 2.05) is 7.05 Å². The number of nitrogens with zero attached hydrogens (tertiary/aromatic N) is 2. The lowest BCUT2D eigenvalue weighted by Gasteiger charge is -2.17. The summed E-state index contributed by atoms with van der Waals surface area (Å²) in [5.41, 5.74) is 3.66. The van der Waals surface area contributed by atoms with Crippen LogP contribution in [0.15, 0.2) is 18.2 Å². The van der Waals surface area contributed by atoms with Crippen LogP contribution in [0.5, 0.6) is 0 Å². The molecule has 3 N–H and O–H groups in total. The molecule has 1 fully saturated rings. The first-order valence-corrected chi connectivity index (χ1v) is 7.10. The molecule has 1 aromatic carbocycles. The van der Waals surface area contributed by atoms with Crippen molar-refractivity contribution in [2.24, 2.45) is 11.8 Å². The van der Waals surface area contributed by atoms with Crippen LogP contribution in [0.2, 0.25) is 0 Å². The average molecular weight is 294 g/mol. The number of likely N-dealkylation sites (N-methyl/N-ethyl adjacent to an activating group) is 1. The Labute approximate surface area is 124 Å². The van der Waals surface area contributed by atoms with Gasteiger partial charge in [0.2, 0.25) is 0 Å². The van der Waals surface area contributed by atoms with E-state index < -0.39 is 4.92 Å². The summed E-state index contributed by atoms with van der Waals surface area (Å²) in [4.78, 5) is 12.5. The summed E-state index contributed by atoms with van der Waals surface area (Å²) in [6, 6.07) is 4.93. The number of hydrazine groups is 1. The predicted octanol–water partition coefficient (Wildman–Crippen LogP) is 1.74. The second-order valence-corrected chi connectivity index (χ2v) is 5.51. The first kappa shape index (κ1) is 15.7. The third-order valence-corrected chi connectivity index (χ3v) is 3.53. The number of nitrogen functional groups attached to an aromatic ring is 1. The number of nitrogens with two attached hydrogens (primary N) is 1. The van der Waals surface area contributed by atoms with Crippen molar-refractivity contribution >= 4 is 11.4 Å². The molecule has 0 heterocycles. The summed E-state index contributed by atoms with van der Waals surface area (Å²) in [5.74, 6) is 6.11. The van der Waals surface area contributed by atoms with E-state index in [-0.39, 0.29) is 5.69 Å². The number of rotatable bonds is 9. The lowest BCUT2D eigenvalue weighted by Crippen LogP contribution is -2.23. The Balaban J connectivity index is 1.81. The first-order valence-electron chi connectivity index (χ1n) is 7.10. The summed E-state index contributed by atoms with van der Waals surface area (Å²) in [5, 5.41) is 10.8. The van der Waals surface area contributed by atoms with Crippen molar-refractivity contribution in [2.75, 3.05) is 32.2 Å². The molecule has 1 saturated carbocycles. The molecular formula is C14H22N4O3. The van der Waals surface area contributed by atoms with Gasteiger partial charge in [-0.1, -0.05) is 6.07 Å². The molecule has 0 radical (unpaired) electrons. The number of hydrogen-bond acceptors (Lipinski definition) is 6. The number of anilines is 1. The van der Waals surface area contributed by atoms with E-state index in [0.717, 1.165) is 24.6 Å². The van der Waals surface area contributed by atoms with Gasteiger partial charge in [-0.2, -0.15) is 0 Å². The lowest BCUT2D eigenvalue weighted by atomic mass is 10.1. The Morgan fingerprint density at radius 1 is 1.52 bits per heavy atom.